The summed E-state index contributed by atoms with van der Waals surface area (Å²) >= 11 is 0. The number of amides is 1. The zero-order valence-corrected chi connectivity index (χ0v) is 15.7. The Balaban J connectivity index is 1.69. The number of hydrogen-bond acceptors (Lipinski definition) is 3. The first kappa shape index (κ1) is 20.8. The van der Waals surface area contributed by atoms with Crippen molar-refractivity contribution >= 4 is 11.6 Å². The number of benzene rings is 2. The number of alkyl halides is 3. The third kappa shape index (κ3) is 5.34. The first-order chi connectivity index (χ1) is 13.8. The Morgan fingerprint density at radius 3 is 2.66 bits per heavy atom. The average molecular weight is 408 g/mol. The van der Waals surface area contributed by atoms with Gasteiger partial charge in [-0.05, 0) is 29.8 Å². The molecule has 0 saturated carbocycles. The van der Waals surface area contributed by atoms with Crippen molar-refractivity contribution in [3.05, 3.63) is 71.0 Å². The Kier molecular flexibility index (Phi) is 6.20. The lowest BCUT2D eigenvalue weighted by Gasteiger charge is -2.25. The lowest BCUT2D eigenvalue weighted by molar-refractivity contribution is -0.137. The standard InChI is InChI=1S/C21H20F4N2O2/c1-2-20(28)27(12-14-5-3-7-16(9-14)21(23,24)25)13-18-11-19(26-29-18)15-6-4-8-17(22)10-15/h3-10,18H,2,11-13H2,1H3/t18-/m1/s1. The molecule has 1 aliphatic heterocycles. The van der Waals surface area contributed by atoms with Crippen LogP contribution in [0.5, 0.6) is 0 Å². The second-order valence-corrected chi connectivity index (χ2v) is 6.81. The van der Waals surface area contributed by atoms with Gasteiger partial charge in [-0.25, -0.2) is 4.39 Å². The molecule has 2 aromatic carbocycles. The number of rotatable bonds is 6. The van der Waals surface area contributed by atoms with E-state index < -0.39 is 17.8 Å². The lowest BCUT2D eigenvalue weighted by atomic mass is 10.0. The second-order valence-electron chi connectivity index (χ2n) is 6.81. The fourth-order valence-electron chi connectivity index (χ4n) is 3.16. The molecule has 0 unspecified atom stereocenters. The van der Waals surface area contributed by atoms with Crippen molar-refractivity contribution in [3.63, 3.8) is 0 Å². The van der Waals surface area contributed by atoms with Gasteiger partial charge in [0.1, 0.15) is 5.82 Å². The maximum absolute atomic E-state index is 13.4. The topological polar surface area (TPSA) is 41.9 Å². The van der Waals surface area contributed by atoms with Crippen molar-refractivity contribution < 1.29 is 27.2 Å². The molecule has 2 aromatic rings. The smallest absolute Gasteiger partial charge is 0.390 e. The van der Waals surface area contributed by atoms with Gasteiger partial charge in [-0.3, -0.25) is 4.79 Å². The van der Waals surface area contributed by atoms with Gasteiger partial charge in [0.25, 0.3) is 0 Å². The number of oxime groups is 1. The number of carbonyl (C=O) groups is 1. The number of hydrogen-bond donors (Lipinski definition) is 0. The van der Waals surface area contributed by atoms with Crippen LogP contribution in [0, 0.1) is 5.82 Å². The van der Waals surface area contributed by atoms with Crippen LogP contribution in [0.25, 0.3) is 0 Å². The highest BCUT2D eigenvalue weighted by Crippen LogP contribution is 2.30. The van der Waals surface area contributed by atoms with E-state index in [-0.39, 0.29) is 31.2 Å². The van der Waals surface area contributed by atoms with Gasteiger partial charge in [-0.2, -0.15) is 13.2 Å². The zero-order valence-electron chi connectivity index (χ0n) is 15.7. The third-order valence-electron chi connectivity index (χ3n) is 4.60. The fraction of sp³-hybridized carbons (Fsp3) is 0.333. The molecule has 0 saturated heterocycles. The summed E-state index contributed by atoms with van der Waals surface area (Å²) in [4.78, 5) is 19.2. The molecule has 0 fully saturated rings. The molecular formula is C21H20F4N2O2. The van der Waals surface area contributed by atoms with E-state index >= 15 is 0 Å². The van der Waals surface area contributed by atoms with Crippen LogP contribution in [0.1, 0.15) is 36.5 Å². The van der Waals surface area contributed by atoms with Crippen molar-refractivity contribution in [2.24, 2.45) is 5.16 Å². The van der Waals surface area contributed by atoms with Gasteiger partial charge in [0.05, 0.1) is 17.8 Å². The molecule has 0 aromatic heterocycles. The van der Waals surface area contributed by atoms with Gasteiger partial charge in [0, 0.05) is 24.9 Å². The number of nitrogens with zero attached hydrogens (tertiary/aromatic N) is 2. The summed E-state index contributed by atoms with van der Waals surface area (Å²) in [5.41, 5.74) is 0.787. The maximum Gasteiger partial charge on any atom is 0.416 e. The molecule has 1 heterocycles. The van der Waals surface area contributed by atoms with Crippen LogP contribution in [0.15, 0.2) is 53.7 Å². The molecule has 3 rings (SSSR count). The molecule has 0 N–H and O–H groups in total. The molecule has 154 valence electrons. The van der Waals surface area contributed by atoms with Crippen LogP contribution in [0.2, 0.25) is 0 Å². The minimum atomic E-state index is -4.45. The molecule has 29 heavy (non-hydrogen) atoms. The van der Waals surface area contributed by atoms with E-state index in [2.05, 4.69) is 5.16 Å². The zero-order chi connectivity index (χ0) is 21.0. The van der Waals surface area contributed by atoms with Gasteiger partial charge < -0.3 is 9.74 Å². The quantitative estimate of drug-likeness (QED) is 0.646. The van der Waals surface area contributed by atoms with E-state index in [1.54, 1.807) is 25.1 Å². The first-order valence-corrected chi connectivity index (χ1v) is 9.18. The molecule has 1 amide bonds. The monoisotopic (exact) mass is 408 g/mol. The van der Waals surface area contributed by atoms with E-state index in [0.29, 0.717) is 23.3 Å². The summed E-state index contributed by atoms with van der Waals surface area (Å²) in [6.45, 7) is 1.89. The van der Waals surface area contributed by atoms with Crippen LogP contribution < -0.4 is 0 Å². The summed E-state index contributed by atoms with van der Waals surface area (Å²) in [5, 5.41) is 3.98. The minimum absolute atomic E-state index is 0.0335. The molecule has 4 nitrogen and oxygen atoms in total. The minimum Gasteiger partial charge on any atom is -0.390 e. The van der Waals surface area contributed by atoms with E-state index in [1.165, 1.54) is 23.1 Å². The number of carbonyl (C=O) groups excluding carboxylic acids is 1. The summed E-state index contributed by atoms with van der Waals surface area (Å²) in [5.74, 6) is -0.591. The van der Waals surface area contributed by atoms with Gasteiger partial charge in [-0.15, -0.1) is 0 Å². The molecule has 8 heteroatoms. The highest BCUT2D eigenvalue weighted by Gasteiger charge is 2.31. The fourth-order valence-corrected chi connectivity index (χ4v) is 3.16. The van der Waals surface area contributed by atoms with Crippen LogP contribution in [0.4, 0.5) is 17.6 Å². The molecule has 1 aliphatic rings. The Hall–Kier alpha value is -2.90. The SMILES string of the molecule is CCC(=O)N(Cc1cccc(C(F)(F)F)c1)C[C@H]1CC(c2cccc(F)c2)=NO1. The highest BCUT2D eigenvalue weighted by molar-refractivity contribution is 6.01. The van der Waals surface area contributed by atoms with Crippen LogP contribution in [-0.4, -0.2) is 29.2 Å². The molecule has 0 radical (unpaired) electrons. The molecular weight excluding hydrogens is 388 g/mol. The average Bonchev–Trinajstić information content (AvgIpc) is 3.15. The molecule has 0 spiro atoms. The summed E-state index contributed by atoms with van der Waals surface area (Å²) < 4.78 is 52.3. The van der Waals surface area contributed by atoms with E-state index in [1.807, 2.05) is 0 Å². The number of halogens is 4. The van der Waals surface area contributed by atoms with Gasteiger partial charge >= 0.3 is 6.18 Å². The Bertz CT molecular complexity index is 912. The van der Waals surface area contributed by atoms with Crippen LogP contribution in [0.3, 0.4) is 0 Å². The van der Waals surface area contributed by atoms with E-state index in [4.69, 9.17) is 4.84 Å². The summed E-state index contributed by atoms with van der Waals surface area (Å²) in [6, 6.07) is 10.9. The summed E-state index contributed by atoms with van der Waals surface area (Å²) in [7, 11) is 0. The second kappa shape index (κ2) is 8.63. The van der Waals surface area contributed by atoms with E-state index in [0.717, 1.165) is 12.1 Å². The van der Waals surface area contributed by atoms with E-state index in [9.17, 15) is 22.4 Å². The maximum atomic E-state index is 13.4. The summed E-state index contributed by atoms with van der Waals surface area (Å²) in [6.07, 6.45) is -4.31. The Morgan fingerprint density at radius 1 is 1.21 bits per heavy atom. The Labute approximate surface area is 165 Å². The van der Waals surface area contributed by atoms with Gasteiger partial charge in [0.2, 0.25) is 5.91 Å². The molecule has 1 atom stereocenters. The predicted octanol–water partition coefficient (Wildman–Crippen LogP) is 4.78. The van der Waals surface area contributed by atoms with Crippen LogP contribution >= 0.6 is 0 Å². The molecule has 0 aliphatic carbocycles. The predicted molar refractivity (Wildman–Crippen MR) is 99.6 cm³/mol. The van der Waals surface area contributed by atoms with Crippen molar-refractivity contribution in [1.82, 2.24) is 4.90 Å². The van der Waals surface area contributed by atoms with Gasteiger partial charge in [0.15, 0.2) is 6.10 Å². The van der Waals surface area contributed by atoms with Gasteiger partial charge in [-0.1, -0.05) is 36.3 Å². The lowest BCUT2D eigenvalue weighted by Crippen LogP contribution is -2.37. The van der Waals surface area contributed by atoms with Crippen molar-refractivity contribution in [1.29, 1.82) is 0 Å². The largest absolute Gasteiger partial charge is 0.416 e. The Morgan fingerprint density at radius 2 is 1.97 bits per heavy atom. The first-order valence-electron chi connectivity index (χ1n) is 9.18. The third-order valence-corrected chi connectivity index (χ3v) is 4.60. The molecule has 0 bridgehead atoms. The van der Waals surface area contributed by atoms with Crippen molar-refractivity contribution in [2.45, 2.75) is 38.6 Å². The highest BCUT2D eigenvalue weighted by atomic mass is 19.4. The normalized spacial score (nSPS) is 16.3. The van der Waals surface area contributed by atoms with Crippen LogP contribution in [-0.2, 0) is 22.4 Å². The van der Waals surface area contributed by atoms with Crippen molar-refractivity contribution in [3.8, 4) is 0 Å². The van der Waals surface area contributed by atoms with Crippen molar-refractivity contribution in [2.75, 3.05) is 6.54 Å².